The van der Waals surface area contributed by atoms with Gasteiger partial charge in [0.1, 0.15) is 5.01 Å². The molecule has 1 aromatic heterocycles. The third kappa shape index (κ3) is 4.10. The molecule has 1 spiro atoms. The minimum Gasteiger partial charge on any atom is -0.481 e. The average molecular weight is 460 g/mol. The second-order valence-electron chi connectivity index (χ2n) is 8.11. The molecular formula is C21H25N5O5S. The minimum atomic E-state index is -0.833. The van der Waals surface area contributed by atoms with E-state index in [4.69, 9.17) is 20.4 Å². The molecule has 4 atom stereocenters. The summed E-state index contributed by atoms with van der Waals surface area (Å²) in [5, 5.41) is 11.0. The van der Waals surface area contributed by atoms with Gasteiger partial charge >= 0.3 is 0 Å². The van der Waals surface area contributed by atoms with Crippen molar-refractivity contribution in [2.45, 2.75) is 31.5 Å². The van der Waals surface area contributed by atoms with Crippen molar-refractivity contribution < 1.29 is 24.2 Å². The van der Waals surface area contributed by atoms with Gasteiger partial charge in [0.25, 0.3) is 5.97 Å². The number of benzene rings is 1. The van der Waals surface area contributed by atoms with Crippen LogP contribution in [0.1, 0.15) is 19.8 Å². The first kappa shape index (κ1) is 22.3. The van der Waals surface area contributed by atoms with Gasteiger partial charge in [-0.15, -0.1) is 0 Å². The summed E-state index contributed by atoms with van der Waals surface area (Å²) in [5.74, 6) is -1.77. The number of anilines is 1. The Morgan fingerprint density at radius 1 is 1.38 bits per heavy atom. The van der Waals surface area contributed by atoms with Crippen LogP contribution in [0.4, 0.5) is 5.95 Å². The number of hydrogen-bond donors (Lipinski definition) is 3. The molecule has 4 heterocycles. The summed E-state index contributed by atoms with van der Waals surface area (Å²) in [6.45, 7) is 2.51. The van der Waals surface area contributed by atoms with Crippen LogP contribution < -0.4 is 11.1 Å². The fourth-order valence-corrected chi connectivity index (χ4v) is 5.48. The average Bonchev–Trinajstić information content (AvgIpc) is 3.50. The summed E-state index contributed by atoms with van der Waals surface area (Å²) in [5.41, 5.74) is 6.05. The molecular weight excluding hydrogens is 434 g/mol. The number of aliphatic carboxylic acids is 1. The predicted molar refractivity (Wildman–Crippen MR) is 117 cm³/mol. The third-order valence-electron chi connectivity index (χ3n) is 5.98. The zero-order valence-corrected chi connectivity index (χ0v) is 18.4. The molecule has 0 saturated carbocycles. The summed E-state index contributed by atoms with van der Waals surface area (Å²) in [4.78, 5) is 41.1. The predicted octanol–water partition coefficient (Wildman–Crippen LogP) is 1.20. The molecule has 0 aliphatic carbocycles. The lowest BCUT2D eigenvalue weighted by Gasteiger charge is -2.26. The van der Waals surface area contributed by atoms with E-state index >= 15 is 0 Å². The van der Waals surface area contributed by atoms with Gasteiger partial charge in [-0.2, -0.15) is 9.36 Å². The van der Waals surface area contributed by atoms with Crippen LogP contribution in [0.3, 0.4) is 0 Å². The first-order valence-corrected chi connectivity index (χ1v) is 11.2. The molecule has 2 bridgehead atoms. The number of carbonyl (C=O) groups excluding carboxylic acids is 2. The zero-order chi connectivity index (χ0) is 22.9. The molecule has 2 amide bonds. The van der Waals surface area contributed by atoms with Crippen LogP contribution in [-0.4, -0.2) is 68.5 Å². The maximum Gasteiger partial charge on any atom is 0.300 e. The Morgan fingerprint density at radius 2 is 2.09 bits per heavy atom. The van der Waals surface area contributed by atoms with E-state index in [1.165, 1.54) is 11.5 Å². The van der Waals surface area contributed by atoms with E-state index in [0.717, 1.165) is 30.3 Å². The second-order valence-corrected chi connectivity index (χ2v) is 8.86. The topological polar surface area (TPSA) is 148 Å². The highest BCUT2D eigenvalue weighted by Crippen LogP contribution is 2.55. The summed E-state index contributed by atoms with van der Waals surface area (Å²) in [7, 11) is 0. The van der Waals surface area contributed by atoms with Crippen molar-refractivity contribution in [3.05, 3.63) is 30.3 Å². The zero-order valence-electron chi connectivity index (χ0n) is 17.6. The number of aromatic nitrogens is 2. The number of likely N-dealkylation sites (tertiary alicyclic amines) is 1. The van der Waals surface area contributed by atoms with Crippen LogP contribution in [0.2, 0.25) is 0 Å². The quantitative estimate of drug-likeness (QED) is 0.604. The Balaban J connectivity index is 0.000000567. The van der Waals surface area contributed by atoms with Gasteiger partial charge in [0, 0.05) is 25.6 Å². The Bertz CT molecular complexity index is 1010. The van der Waals surface area contributed by atoms with Crippen molar-refractivity contribution in [3.63, 3.8) is 0 Å². The van der Waals surface area contributed by atoms with Gasteiger partial charge in [0.05, 0.1) is 30.1 Å². The first-order chi connectivity index (χ1) is 15.3. The molecule has 3 saturated heterocycles. The van der Waals surface area contributed by atoms with Crippen molar-refractivity contribution in [2.75, 3.05) is 25.0 Å². The van der Waals surface area contributed by atoms with Gasteiger partial charge in [-0.1, -0.05) is 30.3 Å². The number of nitrogens with zero attached hydrogens (tertiary/aromatic N) is 3. The smallest absolute Gasteiger partial charge is 0.300 e. The molecule has 11 heteroatoms. The van der Waals surface area contributed by atoms with Gasteiger partial charge < -0.3 is 20.5 Å². The van der Waals surface area contributed by atoms with Crippen molar-refractivity contribution in [1.29, 1.82) is 0 Å². The van der Waals surface area contributed by atoms with Gasteiger partial charge in [-0.05, 0) is 24.4 Å². The maximum absolute atomic E-state index is 13.0. The fourth-order valence-electron chi connectivity index (χ4n) is 4.85. The number of ether oxygens (including phenoxy) is 1. The number of fused-ring (bicyclic) bond motifs is 1. The van der Waals surface area contributed by atoms with E-state index < -0.39 is 23.4 Å². The van der Waals surface area contributed by atoms with E-state index in [9.17, 15) is 9.59 Å². The molecule has 4 N–H and O–H groups in total. The van der Waals surface area contributed by atoms with E-state index in [2.05, 4.69) is 14.7 Å². The standard InChI is InChI=1S/C19H21N5O3S.C2H4O2/c20-8-9-24-10-19-7-6-12(27-19)13(14(19)17(24)26)15(25)21-18-22-16(28-23-18)11-4-2-1-3-5-11;1-2(3)4/h1-5,12-14H,6-10,20H2,(H,21,23,25);1H3,(H,3,4)/t12-,13-,14+,19-;/m0./s1. The van der Waals surface area contributed by atoms with Crippen LogP contribution in [0, 0.1) is 11.8 Å². The van der Waals surface area contributed by atoms with E-state index in [0.29, 0.717) is 19.6 Å². The maximum atomic E-state index is 13.0. The molecule has 3 aliphatic rings. The molecule has 1 aromatic carbocycles. The van der Waals surface area contributed by atoms with Gasteiger partial charge in [-0.25, -0.2) is 0 Å². The van der Waals surface area contributed by atoms with Crippen LogP contribution in [-0.2, 0) is 19.1 Å². The first-order valence-electron chi connectivity index (χ1n) is 10.4. The molecule has 3 aliphatic heterocycles. The molecule has 170 valence electrons. The molecule has 10 nitrogen and oxygen atoms in total. The lowest BCUT2D eigenvalue weighted by Crippen LogP contribution is -2.43. The highest BCUT2D eigenvalue weighted by atomic mass is 32.1. The number of amides is 2. The highest BCUT2D eigenvalue weighted by Gasteiger charge is 2.68. The Morgan fingerprint density at radius 3 is 2.78 bits per heavy atom. The largest absolute Gasteiger partial charge is 0.481 e. The highest BCUT2D eigenvalue weighted by molar-refractivity contribution is 7.09. The molecule has 0 unspecified atom stereocenters. The summed E-state index contributed by atoms with van der Waals surface area (Å²) in [6, 6.07) is 9.69. The number of carboxylic acids is 1. The number of nitrogens with one attached hydrogen (secondary N) is 1. The normalized spacial score (nSPS) is 27.6. The monoisotopic (exact) mass is 459 g/mol. The lowest BCUT2D eigenvalue weighted by atomic mass is 9.73. The van der Waals surface area contributed by atoms with Crippen LogP contribution >= 0.6 is 11.5 Å². The van der Waals surface area contributed by atoms with Crippen molar-refractivity contribution in [2.24, 2.45) is 17.6 Å². The number of rotatable bonds is 5. The van der Waals surface area contributed by atoms with E-state index in [-0.39, 0.29) is 23.9 Å². The molecule has 2 aromatic rings. The summed E-state index contributed by atoms with van der Waals surface area (Å²) >= 11 is 1.23. The lowest BCUT2D eigenvalue weighted by molar-refractivity contribution is -0.136. The van der Waals surface area contributed by atoms with Crippen LogP contribution in [0.15, 0.2) is 30.3 Å². The Kier molecular flexibility index (Phi) is 6.22. The molecule has 5 rings (SSSR count). The van der Waals surface area contributed by atoms with Crippen LogP contribution in [0.25, 0.3) is 10.6 Å². The summed E-state index contributed by atoms with van der Waals surface area (Å²) in [6.07, 6.45) is 1.38. The summed E-state index contributed by atoms with van der Waals surface area (Å²) < 4.78 is 10.4. The minimum absolute atomic E-state index is 0.0241. The Labute approximate surface area is 188 Å². The van der Waals surface area contributed by atoms with Gasteiger partial charge in [-0.3, -0.25) is 19.7 Å². The number of carbonyl (C=O) groups is 3. The van der Waals surface area contributed by atoms with Crippen molar-refractivity contribution in [1.82, 2.24) is 14.3 Å². The number of carboxylic acid groups (broad SMARTS) is 1. The molecule has 32 heavy (non-hydrogen) atoms. The van der Waals surface area contributed by atoms with Crippen molar-refractivity contribution >= 4 is 35.3 Å². The van der Waals surface area contributed by atoms with Crippen molar-refractivity contribution in [3.8, 4) is 10.6 Å². The fraction of sp³-hybridized carbons (Fsp3) is 0.476. The van der Waals surface area contributed by atoms with E-state index in [1.54, 1.807) is 4.90 Å². The third-order valence-corrected chi connectivity index (χ3v) is 6.75. The van der Waals surface area contributed by atoms with Gasteiger partial charge in [0.15, 0.2) is 0 Å². The molecule has 3 fully saturated rings. The van der Waals surface area contributed by atoms with Crippen LogP contribution in [0.5, 0.6) is 0 Å². The molecule has 0 radical (unpaired) electrons. The SMILES string of the molecule is CC(=O)O.NCCN1C[C@]23CC[C@H](O2)[C@H](C(=O)Nc2nsc(-c4ccccc4)n2)[C@@H]3C1=O. The Hall–Kier alpha value is -2.89. The number of nitrogens with two attached hydrogens (primary N) is 1. The van der Waals surface area contributed by atoms with E-state index in [1.807, 2.05) is 30.3 Å². The number of hydrogen-bond acceptors (Lipinski definition) is 8. The van der Waals surface area contributed by atoms with Gasteiger partial charge in [0.2, 0.25) is 17.8 Å². The second kappa shape index (κ2) is 8.93.